The molecule has 1 atom stereocenters. The van der Waals surface area contributed by atoms with E-state index in [1.54, 1.807) is 0 Å². The number of nitrogens with one attached hydrogen (secondary N) is 1. The summed E-state index contributed by atoms with van der Waals surface area (Å²) in [5, 5.41) is 4.13. The molecular formula is C24H34N2O3S. The first-order valence-corrected chi connectivity index (χ1v) is 11.7. The smallest absolute Gasteiger partial charge is 0.173 e. The van der Waals surface area contributed by atoms with Crippen molar-refractivity contribution >= 4 is 23.1 Å². The molecule has 1 unspecified atom stereocenters. The number of benzene rings is 1. The predicted molar refractivity (Wildman–Crippen MR) is 124 cm³/mol. The first-order chi connectivity index (χ1) is 14.6. The average Bonchev–Trinajstić information content (AvgIpc) is 2.74. The second-order valence-electron chi connectivity index (χ2n) is 7.87. The number of hydrogen-bond donors (Lipinski definition) is 1. The van der Waals surface area contributed by atoms with Crippen LogP contribution in [0, 0.1) is 0 Å². The molecule has 6 heteroatoms. The zero-order chi connectivity index (χ0) is 21.5. The number of ketones is 1. The molecular weight excluding hydrogens is 396 g/mol. The first kappa shape index (κ1) is 22.6. The lowest BCUT2D eigenvalue weighted by Gasteiger charge is -2.41. The summed E-state index contributed by atoms with van der Waals surface area (Å²) in [6.07, 6.45) is 6.71. The lowest BCUT2D eigenvalue weighted by molar-refractivity contribution is -0.116. The number of allylic oxidation sites excluding steroid dienone is 1. The maximum atomic E-state index is 12.9. The van der Waals surface area contributed by atoms with Gasteiger partial charge in [-0.1, -0.05) is 32.8 Å². The van der Waals surface area contributed by atoms with Crippen molar-refractivity contribution in [2.24, 2.45) is 0 Å². The Kier molecular flexibility index (Phi) is 8.14. The van der Waals surface area contributed by atoms with Crippen LogP contribution >= 0.6 is 12.2 Å². The van der Waals surface area contributed by atoms with E-state index in [-0.39, 0.29) is 11.8 Å². The molecule has 1 aliphatic heterocycles. The molecule has 0 spiro atoms. The number of carbonyl (C=O) groups excluding carboxylic acids is 1. The molecule has 1 aromatic rings. The normalized spacial score (nSPS) is 18.9. The number of ether oxygens (including phenoxy) is 2. The SMILES string of the molecule is CCCCCOc1ccc(C2NC(=S)N(CCC)C3=C2C(=O)CCC3)cc1OCC. The van der Waals surface area contributed by atoms with Crippen LogP contribution in [0.1, 0.15) is 77.3 Å². The molecule has 0 fully saturated rings. The van der Waals surface area contributed by atoms with Crippen molar-refractivity contribution in [2.45, 2.75) is 71.8 Å². The van der Waals surface area contributed by atoms with Crippen molar-refractivity contribution in [3.05, 3.63) is 35.0 Å². The summed E-state index contributed by atoms with van der Waals surface area (Å²) in [7, 11) is 0. The van der Waals surface area contributed by atoms with Gasteiger partial charge in [-0.05, 0) is 62.5 Å². The number of Topliss-reactive ketones (excluding diaryl/α,β-unsaturated/α-hetero) is 1. The summed E-state index contributed by atoms with van der Waals surface area (Å²) in [5.74, 6) is 1.70. The van der Waals surface area contributed by atoms with E-state index in [1.807, 2.05) is 25.1 Å². The lowest BCUT2D eigenvalue weighted by atomic mass is 9.84. The van der Waals surface area contributed by atoms with E-state index in [2.05, 4.69) is 24.1 Å². The van der Waals surface area contributed by atoms with Gasteiger partial charge in [-0.15, -0.1) is 0 Å². The van der Waals surface area contributed by atoms with Crippen LogP contribution in [-0.4, -0.2) is 35.6 Å². The van der Waals surface area contributed by atoms with Crippen molar-refractivity contribution in [3.63, 3.8) is 0 Å². The first-order valence-electron chi connectivity index (χ1n) is 11.3. The molecule has 0 bridgehead atoms. The number of carbonyl (C=O) groups is 1. The third-order valence-corrected chi connectivity index (χ3v) is 5.95. The molecule has 2 aliphatic rings. The van der Waals surface area contributed by atoms with Gasteiger partial charge in [0.05, 0.1) is 19.3 Å². The van der Waals surface area contributed by atoms with Crippen LogP contribution in [0.3, 0.4) is 0 Å². The third kappa shape index (κ3) is 4.97. The highest BCUT2D eigenvalue weighted by Gasteiger charge is 2.37. The van der Waals surface area contributed by atoms with Gasteiger partial charge >= 0.3 is 0 Å². The quantitative estimate of drug-likeness (QED) is 0.401. The van der Waals surface area contributed by atoms with Crippen molar-refractivity contribution in [2.75, 3.05) is 19.8 Å². The molecule has 0 amide bonds. The minimum Gasteiger partial charge on any atom is -0.490 e. The Balaban J connectivity index is 1.93. The number of nitrogens with zero attached hydrogens (tertiary/aromatic N) is 1. The maximum absolute atomic E-state index is 12.9. The molecule has 1 aliphatic carbocycles. The Morgan fingerprint density at radius 2 is 1.93 bits per heavy atom. The van der Waals surface area contributed by atoms with Gasteiger partial charge in [0.2, 0.25) is 0 Å². The largest absolute Gasteiger partial charge is 0.490 e. The highest BCUT2D eigenvalue weighted by Crippen LogP contribution is 2.40. The van der Waals surface area contributed by atoms with Gasteiger partial charge in [0.25, 0.3) is 0 Å². The fraction of sp³-hybridized carbons (Fsp3) is 0.583. The zero-order valence-corrected chi connectivity index (χ0v) is 19.3. The molecule has 1 aromatic carbocycles. The highest BCUT2D eigenvalue weighted by atomic mass is 32.1. The minimum atomic E-state index is -0.234. The summed E-state index contributed by atoms with van der Waals surface area (Å²) in [6.45, 7) is 8.35. The van der Waals surface area contributed by atoms with E-state index in [9.17, 15) is 4.79 Å². The van der Waals surface area contributed by atoms with Gasteiger partial charge < -0.3 is 19.7 Å². The molecule has 164 valence electrons. The predicted octanol–water partition coefficient (Wildman–Crippen LogP) is 5.30. The van der Waals surface area contributed by atoms with Gasteiger partial charge in [-0.2, -0.15) is 0 Å². The van der Waals surface area contributed by atoms with Crippen molar-refractivity contribution in [1.82, 2.24) is 10.2 Å². The van der Waals surface area contributed by atoms with E-state index in [0.29, 0.717) is 24.7 Å². The molecule has 1 N–H and O–H groups in total. The van der Waals surface area contributed by atoms with E-state index in [0.717, 1.165) is 73.4 Å². The van der Waals surface area contributed by atoms with Crippen LogP contribution in [-0.2, 0) is 4.79 Å². The van der Waals surface area contributed by atoms with E-state index in [4.69, 9.17) is 21.7 Å². The Bertz CT molecular complexity index is 806. The zero-order valence-electron chi connectivity index (χ0n) is 18.5. The second kappa shape index (κ2) is 10.8. The fourth-order valence-electron chi connectivity index (χ4n) is 4.19. The van der Waals surface area contributed by atoms with Crippen molar-refractivity contribution < 1.29 is 14.3 Å². The average molecular weight is 431 g/mol. The molecule has 0 radical (unpaired) electrons. The van der Waals surface area contributed by atoms with Gasteiger partial charge in [0.15, 0.2) is 22.4 Å². The number of thiocarbonyl (C=S) groups is 1. The Morgan fingerprint density at radius 3 is 2.67 bits per heavy atom. The van der Waals surface area contributed by atoms with E-state index < -0.39 is 0 Å². The molecule has 3 rings (SSSR count). The maximum Gasteiger partial charge on any atom is 0.173 e. The lowest BCUT2D eigenvalue weighted by Crippen LogP contribution is -2.49. The molecule has 1 heterocycles. The summed E-state index contributed by atoms with van der Waals surface area (Å²) >= 11 is 5.68. The summed E-state index contributed by atoms with van der Waals surface area (Å²) in [6, 6.07) is 5.76. The topological polar surface area (TPSA) is 50.8 Å². The Hall–Kier alpha value is -2.08. The minimum absolute atomic E-state index is 0.218. The van der Waals surface area contributed by atoms with Gasteiger partial charge in [0.1, 0.15) is 0 Å². The van der Waals surface area contributed by atoms with Crippen LogP contribution in [0.5, 0.6) is 11.5 Å². The molecule has 5 nitrogen and oxygen atoms in total. The molecule has 0 saturated carbocycles. The monoisotopic (exact) mass is 430 g/mol. The molecule has 0 saturated heterocycles. The second-order valence-corrected chi connectivity index (χ2v) is 8.25. The number of hydrogen-bond acceptors (Lipinski definition) is 4. The standard InChI is InChI=1S/C24H34N2O3S/c1-4-7-8-15-29-20-13-12-17(16-21(20)28-6-3)23-22-18(10-9-11-19(22)27)26(14-5-2)24(30)25-23/h12-13,16,23H,4-11,14-15H2,1-3H3,(H,25,30). The van der Waals surface area contributed by atoms with Gasteiger partial charge in [0, 0.05) is 24.2 Å². The fourth-order valence-corrected chi connectivity index (χ4v) is 4.51. The van der Waals surface area contributed by atoms with Crippen LogP contribution in [0.2, 0.25) is 0 Å². The summed E-state index contributed by atoms with van der Waals surface area (Å²) in [4.78, 5) is 15.0. The van der Waals surface area contributed by atoms with Crippen LogP contribution in [0.25, 0.3) is 0 Å². The summed E-state index contributed by atoms with van der Waals surface area (Å²) < 4.78 is 11.9. The molecule has 0 aromatic heterocycles. The molecule has 30 heavy (non-hydrogen) atoms. The Labute approximate surface area is 185 Å². The van der Waals surface area contributed by atoms with Crippen LogP contribution in [0.4, 0.5) is 0 Å². The Morgan fingerprint density at radius 1 is 1.10 bits per heavy atom. The van der Waals surface area contributed by atoms with Crippen LogP contribution in [0.15, 0.2) is 29.5 Å². The van der Waals surface area contributed by atoms with Gasteiger partial charge in [-0.3, -0.25) is 4.79 Å². The summed E-state index contributed by atoms with van der Waals surface area (Å²) in [5.41, 5.74) is 2.95. The van der Waals surface area contributed by atoms with Crippen molar-refractivity contribution in [3.8, 4) is 11.5 Å². The van der Waals surface area contributed by atoms with E-state index >= 15 is 0 Å². The van der Waals surface area contributed by atoms with E-state index in [1.165, 1.54) is 0 Å². The van der Waals surface area contributed by atoms with Crippen molar-refractivity contribution in [1.29, 1.82) is 0 Å². The third-order valence-electron chi connectivity index (χ3n) is 5.61. The number of unbranched alkanes of at least 4 members (excludes halogenated alkanes) is 2. The van der Waals surface area contributed by atoms with Gasteiger partial charge in [-0.25, -0.2) is 0 Å². The number of rotatable bonds is 10. The highest BCUT2D eigenvalue weighted by molar-refractivity contribution is 7.80. The van der Waals surface area contributed by atoms with Crippen LogP contribution < -0.4 is 14.8 Å².